The molecule has 0 aliphatic rings. The fourth-order valence-corrected chi connectivity index (χ4v) is 3.32. The summed E-state index contributed by atoms with van der Waals surface area (Å²) in [5.41, 5.74) is 2.90. The zero-order valence-corrected chi connectivity index (χ0v) is 14.5. The number of nitrogens with one attached hydrogen (secondary N) is 1. The van der Waals surface area contributed by atoms with Gasteiger partial charge in [-0.2, -0.15) is 5.26 Å². The summed E-state index contributed by atoms with van der Waals surface area (Å²) in [5.74, 6) is 1.01. The third kappa shape index (κ3) is 3.84. The minimum atomic E-state index is 0.722. The normalized spacial score (nSPS) is 10.5. The molecule has 0 saturated carbocycles. The second kappa shape index (κ2) is 7.80. The number of rotatable bonds is 7. The second-order valence-corrected chi connectivity index (χ2v) is 6.64. The van der Waals surface area contributed by atoms with Crippen molar-refractivity contribution in [3.63, 3.8) is 0 Å². The van der Waals surface area contributed by atoms with E-state index in [1.165, 1.54) is 6.42 Å². The molecule has 0 aliphatic heterocycles. The number of hydrogen-bond acceptors (Lipinski definition) is 4. The van der Waals surface area contributed by atoms with E-state index >= 15 is 0 Å². The van der Waals surface area contributed by atoms with Crippen molar-refractivity contribution in [3.8, 4) is 17.5 Å². The van der Waals surface area contributed by atoms with Crippen LogP contribution in [0.1, 0.15) is 30.2 Å². The highest BCUT2D eigenvalue weighted by Gasteiger charge is 2.07. The van der Waals surface area contributed by atoms with Crippen LogP contribution in [0.4, 0.5) is 5.69 Å². The Balaban J connectivity index is 1.72. The van der Waals surface area contributed by atoms with Gasteiger partial charge in [0.25, 0.3) is 0 Å². The Hall–Kier alpha value is -2.58. The molecule has 0 amide bonds. The zero-order chi connectivity index (χ0) is 16.8. The Labute approximate surface area is 146 Å². The highest BCUT2D eigenvalue weighted by molar-refractivity contribution is 7.10. The maximum absolute atomic E-state index is 8.89. The predicted molar refractivity (Wildman–Crippen MR) is 98.9 cm³/mol. The fraction of sp³-hybridized carbons (Fsp3) is 0.263. The Morgan fingerprint density at radius 1 is 1.33 bits per heavy atom. The molecule has 2 heterocycles. The standard InChI is InChI=1S/C19H20N4S/c1-2-3-8-23-9-7-21-19(23)16-5-4-6-17(11-16)22-13-18-10-15(12-20)14-24-18/h4-7,9-11,14,22H,2-3,8,13H2,1H3. The van der Waals surface area contributed by atoms with Crippen LogP contribution in [0.2, 0.25) is 0 Å². The van der Waals surface area contributed by atoms with Gasteiger partial charge in [0, 0.05) is 47.0 Å². The number of imidazole rings is 1. The first-order valence-corrected chi connectivity index (χ1v) is 9.01. The molecule has 24 heavy (non-hydrogen) atoms. The molecule has 2 aromatic heterocycles. The molecule has 4 nitrogen and oxygen atoms in total. The number of aromatic nitrogens is 2. The van der Waals surface area contributed by atoms with Gasteiger partial charge in [0.1, 0.15) is 11.9 Å². The number of aryl methyl sites for hydroxylation is 1. The molecule has 0 saturated heterocycles. The quantitative estimate of drug-likeness (QED) is 0.668. The summed E-state index contributed by atoms with van der Waals surface area (Å²) in [6.07, 6.45) is 6.23. The third-order valence-electron chi connectivity index (χ3n) is 3.84. The van der Waals surface area contributed by atoms with Crippen molar-refractivity contribution in [1.29, 1.82) is 5.26 Å². The van der Waals surface area contributed by atoms with Crippen molar-refractivity contribution in [1.82, 2.24) is 9.55 Å². The number of nitriles is 1. The smallest absolute Gasteiger partial charge is 0.139 e. The second-order valence-electron chi connectivity index (χ2n) is 5.65. The molecule has 0 radical (unpaired) electrons. The van der Waals surface area contributed by atoms with Gasteiger partial charge in [-0.1, -0.05) is 25.5 Å². The number of anilines is 1. The molecule has 0 atom stereocenters. The SMILES string of the molecule is CCCCn1ccnc1-c1cccc(NCc2cc(C#N)cs2)c1. The molecule has 1 aromatic carbocycles. The average molecular weight is 336 g/mol. The number of unbranched alkanes of at least 4 members (excludes halogenated alkanes) is 1. The van der Waals surface area contributed by atoms with Gasteiger partial charge in [0.2, 0.25) is 0 Å². The van der Waals surface area contributed by atoms with Crippen LogP contribution < -0.4 is 5.32 Å². The maximum atomic E-state index is 8.89. The largest absolute Gasteiger partial charge is 0.380 e. The molecule has 0 aliphatic carbocycles. The van der Waals surface area contributed by atoms with E-state index in [1.54, 1.807) is 11.3 Å². The van der Waals surface area contributed by atoms with E-state index in [0.29, 0.717) is 0 Å². The van der Waals surface area contributed by atoms with E-state index < -0.39 is 0 Å². The molecule has 122 valence electrons. The summed E-state index contributed by atoms with van der Waals surface area (Å²) in [4.78, 5) is 5.67. The highest BCUT2D eigenvalue weighted by Crippen LogP contribution is 2.23. The fourth-order valence-electron chi connectivity index (χ4n) is 2.57. The molecule has 3 aromatic rings. The van der Waals surface area contributed by atoms with Crippen LogP contribution in [-0.4, -0.2) is 9.55 Å². The lowest BCUT2D eigenvalue weighted by Crippen LogP contribution is -2.01. The number of hydrogen-bond donors (Lipinski definition) is 1. The molecule has 0 fully saturated rings. The van der Waals surface area contributed by atoms with Crippen molar-refractivity contribution < 1.29 is 0 Å². The van der Waals surface area contributed by atoms with Crippen molar-refractivity contribution >= 4 is 17.0 Å². The van der Waals surface area contributed by atoms with Crippen LogP contribution in [0.15, 0.2) is 48.1 Å². The Kier molecular flexibility index (Phi) is 5.29. The summed E-state index contributed by atoms with van der Waals surface area (Å²) < 4.78 is 2.21. The van der Waals surface area contributed by atoms with Crippen LogP contribution >= 0.6 is 11.3 Å². The van der Waals surface area contributed by atoms with Crippen LogP contribution in [-0.2, 0) is 13.1 Å². The van der Waals surface area contributed by atoms with Crippen molar-refractivity contribution in [2.24, 2.45) is 0 Å². The minimum absolute atomic E-state index is 0.722. The molecular weight excluding hydrogens is 316 g/mol. The maximum Gasteiger partial charge on any atom is 0.139 e. The number of benzene rings is 1. The average Bonchev–Trinajstić information content (AvgIpc) is 3.27. The van der Waals surface area contributed by atoms with Crippen LogP contribution in [0.3, 0.4) is 0 Å². The lowest BCUT2D eigenvalue weighted by Gasteiger charge is -2.10. The molecule has 0 spiro atoms. The summed E-state index contributed by atoms with van der Waals surface area (Å²) in [6.45, 7) is 3.92. The Bertz CT molecular complexity index is 841. The molecular formula is C19H20N4S. The van der Waals surface area contributed by atoms with Crippen LogP contribution in [0.5, 0.6) is 0 Å². The number of thiophene rings is 1. The van der Waals surface area contributed by atoms with E-state index in [9.17, 15) is 0 Å². The summed E-state index contributed by atoms with van der Waals surface area (Å²) in [7, 11) is 0. The van der Waals surface area contributed by atoms with Gasteiger partial charge in [-0.3, -0.25) is 0 Å². The Morgan fingerprint density at radius 2 is 2.25 bits per heavy atom. The molecule has 5 heteroatoms. The van der Waals surface area contributed by atoms with E-state index in [4.69, 9.17) is 5.26 Å². The zero-order valence-electron chi connectivity index (χ0n) is 13.7. The Morgan fingerprint density at radius 3 is 3.04 bits per heavy atom. The summed E-state index contributed by atoms with van der Waals surface area (Å²) in [6, 6.07) is 12.4. The van der Waals surface area contributed by atoms with Gasteiger partial charge in [-0.05, 0) is 24.6 Å². The first-order chi connectivity index (χ1) is 11.8. The molecule has 1 N–H and O–H groups in total. The third-order valence-corrected chi connectivity index (χ3v) is 4.78. The van der Waals surface area contributed by atoms with Gasteiger partial charge in [0.15, 0.2) is 0 Å². The summed E-state index contributed by atoms with van der Waals surface area (Å²) in [5, 5.41) is 14.2. The first-order valence-electron chi connectivity index (χ1n) is 8.13. The van der Waals surface area contributed by atoms with Gasteiger partial charge < -0.3 is 9.88 Å². The molecule has 3 rings (SSSR count). The monoisotopic (exact) mass is 336 g/mol. The van der Waals surface area contributed by atoms with E-state index in [1.807, 2.05) is 29.9 Å². The van der Waals surface area contributed by atoms with Crippen LogP contribution in [0.25, 0.3) is 11.4 Å². The van der Waals surface area contributed by atoms with E-state index in [-0.39, 0.29) is 0 Å². The van der Waals surface area contributed by atoms with E-state index in [0.717, 1.165) is 47.0 Å². The highest BCUT2D eigenvalue weighted by atomic mass is 32.1. The molecule has 0 unspecified atom stereocenters. The first kappa shape index (κ1) is 16.3. The minimum Gasteiger partial charge on any atom is -0.380 e. The lowest BCUT2D eigenvalue weighted by molar-refractivity contribution is 0.637. The molecule has 0 bridgehead atoms. The van der Waals surface area contributed by atoms with Gasteiger partial charge in [-0.25, -0.2) is 4.98 Å². The topological polar surface area (TPSA) is 53.6 Å². The van der Waals surface area contributed by atoms with E-state index in [2.05, 4.69) is 46.1 Å². The van der Waals surface area contributed by atoms with Gasteiger partial charge >= 0.3 is 0 Å². The van der Waals surface area contributed by atoms with Crippen molar-refractivity contribution in [2.75, 3.05) is 5.32 Å². The predicted octanol–water partition coefficient (Wildman–Crippen LogP) is 4.90. The number of nitrogens with zero attached hydrogens (tertiary/aromatic N) is 3. The van der Waals surface area contributed by atoms with Crippen molar-refractivity contribution in [3.05, 3.63) is 58.5 Å². The van der Waals surface area contributed by atoms with Gasteiger partial charge in [-0.15, -0.1) is 11.3 Å². The van der Waals surface area contributed by atoms with Crippen LogP contribution in [0, 0.1) is 11.3 Å². The van der Waals surface area contributed by atoms with Crippen molar-refractivity contribution in [2.45, 2.75) is 32.9 Å². The van der Waals surface area contributed by atoms with Gasteiger partial charge in [0.05, 0.1) is 5.56 Å². The summed E-state index contributed by atoms with van der Waals surface area (Å²) >= 11 is 1.61. The lowest BCUT2D eigenvalue weighted by atomic mass is 10.2.